The first kappa shape index (κ1) is 111. The summed E-state index contributed by atoms with van der Waals surface area (Å²) in [5, 5.41) is 10.3. The highest BCUT2D eigenvalue weighted by Crippen LogP contribution is 2.50. The number of benzene rings is 1. The number of aromatic amines is 2. The number of pyridine rings is 7. The number of alkyl halides is 3. The number of H-pyrrole nitrogens is 2. The monoisotopic (exact) mass is 2340 g/mol. The van der Waals surface area contributed by atoms with Crippen molar-refractivity contribution in [1.82, 2.24) is 61.8 Å². The summed E-state index contributed by atoms with van der Waals surface area (Å²) in [5.74, 6) is 0. The third-order valence-corrected chi connectivity index (χ3v) is 60.8. The molecule has 0 saturated heterocycles. The molecule has 0 fully saturated rings. The molecule has 710 valence electrons. The molecule has 0 aliphatic heterocycles. The number of carbonyl (C=O) groups excluding carboxylic acids is 1. The molecule has 1 aromatic carbocycles. The largest absolute Gasteiger partial charge is 0.417 e. The minimum absolute atomic E-state index is 0.118. The van der Waals surface area contributed by atoms with Crippen molar-refractivity contribution in [2.45, 2.75) is 244 Å². The van der Waals surface area contributed by atoms with Gasteiger partial charge in [0.15, 0.2) is 39.2 Å². The fourth-order valence-corrected chi connectivity index (χ4v) is 51.7. The van der Waals surface area contributed by atoms with Gasteiger partial charge in [-0.2, -0.15) is 13.2 Å². The van der Waals surface area contributed by atoms with E-state index in [1.54, 1.807) is 31.0 Å². The molecule has 0 radical (unpaired) electrons. The number of anilines is 1. The topological polar surface area (TPSA) is 205 Å². The Hall–Kier alpha value is -4.90. The quantitative estimate of drug-likeness (QED) is 0.0215. The van der Waals surface area contributed by atoms with Crippen LogP contribution in [0.15, 0.2) is 163 Å². The summed E-state index contributed by atoms with van der Waals surface area (Å²) >= 11 is 61.8. The fraction of sp³-hybridized carbons (Fsp3) is 0.419. The van der Waals surface area contributed by atoms with E-state index < -0.39 is 71.4 Å². The van der Waals surface area contributed by atoms with Gasteiger partial charge in [0.05, 0.1) is 61.4 Å². The van der Waals surface area contributed by atoms with E-state index in [0.717, 1.165) is 101 Å². The van der Waals surface area contributed by atoms with Crippen LogP contribution in [0, 0.1) is 7.14 Å². The zero-order chi connectivity index (χ0) is 98.1. The van der Waals surface area contributed by atoms with Gasteiger partial charge < -0.3 is 31.6 Å². The average molecular weight is 2350 g/mol. The summed E-state index contributed by atoms with van der Waals surface area (Å²) in [6.45, 7) is 55.9. The highest BCUT2D eigenvalue weighted by atomic mass is 127. The van der Waals surface area contributed by atoms with Crippen LogP contribution in [0.5, 0.6) is 0 Å². The van der Waals surface area contributed by atoms with Gasteiger partial charge in [-0.1, -0.05) is 271 Å². The van der Waals surface area contributed by atoms with E-state index in [1.807, 2.05) is 36.7 Å². The molecule has 14 aromatic rings. The van der Waals surface area contributed by atoms with E-state index in [-0.39, 0.29) is 10.3 Å². The molecular weight excluding hydrogens is 2230 g/mol. The number of hydrogen-bond donors (Lipinski definition) is 2. The molecule has 131 heavy (non-hydrogen) atoms. The van der Waals surface area contributed by atoms with Gasteiger partial charge in [-0.3, -0.25) is 4.79 Å². The molecule has 0 saturated carbocycles. The lowest BCUT2D eigenvalue weighted by Crippen LogP contribution is -2.51. The van der Waals surface area contributed by atoms with Crippen molar-refractivity contribution >= 4 is 287 Å². The van der Waals surface area contributed by atoms with Crippen LogP contribution in [0.25, 0.3) is 66.2 Å². The zero-order valence-electron chi connectivity index (χ0n) is 78.2. The maximum Gasteiger partial charge on any atom is 0.417 e. The maximum absolute atomic E-state index is 13.0. The average Bonchev–Trinajstić information content (AvgIpc) is 1.61. The van der Waals surface area contributed by atoms with E-state index in [0.29, 0.717) is 108 Å². The zero-order valence-corrected chi connectivity index (χ0v) is 95.7. The third kappa shape index (κ3) is 22.7. The molecule has 0 bridgehead atoms. The summed E-state index contributed by atoms with van der Waals surface area (Å²) in [4.78, 5) is 47.3. The predicted molar refractivity (Wildman–Crippen MR) is 578 cm³/mol. The number of halogens is 15. The van der Waals surface area contributed by atoms with Gasteiger partial charge in [-0.25, -0.2) is 47.6 Å². The molecule has 0 atom stereocenters. The number of ether oxygens (including phenoxy) is 1. The normalized spacial score (nSPS) is 12.5. The molecule has 0 unspecified atom stereocenters. The van der Waals surface area contributed by atoms with E-state index in [1.165, 1.54) is 37.0 Å². The number of sulfonamides is 1. The van der Waals surface area contributed by atoms with Crippen LogP contribution in [-0.2, 0) is 20.9 Å². The van der Waals surface area contributed by atoms with E-state index >= 15 is 0 Å². The second-order valence-electron chi connectivity index (χ2n) is 35.9. The highest BCUT2D eigenvalue weighted by molar-refractivity contribution is 14.1. The van der Waals surface area contributed by atoms with Crippen LogP contribution in [-0.4, -0.2) is 123 Å². The lowest BCUT2D eigenvalue weighted by Gasteiger charge is -2.44. The first-order valence-corrected chi connectivity index (χ1v) is 59.7. The van der Waals surface area contributed by atoms with Crippen LogP contribution >= 0.6 is 166 Å². The maximum atomic E-state index is 13.0. The first-order valence-electron chi connectivity index (χ1n) is 43.1. The smallest absolute Gasteiger partial charge is 0.363 e. The van der Waals surface area contributed by atoms with Crippen molar-refractivity contribution in [2.75, 3.05) is 18.1 Å². The SMILES string of the molecule is CC(C)[Si](C(C)C)(C(C)C)n1ccc2c(C=O)c(Cl)cnc21.CC(C)[Si](C(C)C)(C(C)C)n1ccc2c(Cl)c(Cl)cnc21.CC(C)[Si](C(C)C)(C(C)C)n1ccc2c(Cl)ccnc21.CC(C)[Si](C(C)C)(C(C)C)n1ccc2c(I)c(Cl)cnc21.COCN(c1cccnc1Br)S(=O)(=O)c1ccc(Cl)c(C(F)(F)F)c1.Clc1cnc2[nH]ccc2c1Cl.Clc1cnc2[nH]ccc2c1I. The van der Waals surface area contributed by atoms with E-state index in [9.17, 15) is 26.4 Å². The van der Waals surface area contributed by atoms with Gasteiger partial charge in [0.2, 0.25) is 0 Å². The Bertz CT molecular complexity index is 6110. The Balaban J connectivity index is 0.000000191. The molecule has 14 rings (SSSR count). The molecule has 0 amide bonds. The van der Waals surface area contributed by atoms with Gasteiger partial charge >= 0.3 is 6.18 Å². The molecule has 13 heterocycles. The van der Waals surface area contributed by atoms with Crippen LogP contribution in [0.4, 0.5) is 18.9 Å². The second-order valence-corrected chi connectivity index (χ2v) is 67.2. The van der Waals surface area contributed by atoms with E-state index in [4.69, 9.17) is 109 Å². The number of nitrogens with one attached hydrogen (secondary N) is 2. The van der Waals surface area contributed by atoms with Gasteiger partial charge in [-0.05, 0) is 225 Å². The molecule has 0 spiro atoms. The Morgan fingerprint density at radius 3 is 1.21 bits per heavy atom. The van der Waals surface area contributed by atoms with Gasteiger partial charge in [0, 0.05) is 108 Å². The third-order valence-electron chi connectivity index (χ3n) is 25.4. The number of carbonyl (C=O) groups is 1. The number of nitrogens with zero attached hydrogens (tertiary/aromatic N) is 12. The minimum atomic E-state index is -4.79. The van der Waals surface area contributed by atoms with Gasteiger partial charge in [-0.15, -0.1) is 0 Å². The molecule has 18 nitrogen and oxygen atoms in total. The Morgan fingerprint density at radius 2 is 0.786 bits per heavy atom. The standard InChI is InChI=1S/C17H25ClN2OSi.C16H24Cl2N2Si.C16H24ClIN2Si.C16H25ClN2Si.C14H11BrClF3N2O3S.C7H4Cl2N2.C7H4ClIN2/c1-11(2)22(12(3)4,13(5)6)20-8-7-14-15(10-21)16(18)9-19-17(14)20;2*1-10(2)21(11(3)4,12(5)6)20-8-7-13-15(18)14(17)9-19-16(13)20;1-11(2)20(12(3)4,13(5)6)19-10-8-14-15(17)7-9-18-16(14)19;1-24-8-21(12-3-2-6-20-13(12)15)25(22,23)9-4-5-11(16)10(7-9)14(17,18)19;2*8-5-3-11-7-4(6(5)9)1-2-10-7/h7-13H,1-6H3;2*7-12H,1-6H3;7-13H,1-6H3;2-7H,8H2,1H3;2*1-3H,(H,10,11). The molecule has 38 heteroatoms. The fourth-order valence-electron chi connectivity index (χ4n) is 20.7. The summed E-state index contributed by atoms with van der Waals surface area (Å²) in [6, 6.07) is 19.4. The van der Waals surface area contributed by atoms with Gasteiger partial charge in [0.25, 0.3) is 10.0 Å². The summed E-state index contributed by atoms with van der Waals surface area (Å²) in [7, 11) is -10.3. The lowest BCUT2D eigenvalue weighted by atomic mass is 10.2. The second kappa shape index (κ2) is 46.7. The summed E-state index contributed by atoms with van der Waals surface area (Å²) in [5.41, 5.74) is 12.6. The predicted octanol–water partition coefficient (Wildman–Crippen LogP) is 33.9. The van der Waals surface area contributed by atoms with Crippen molar-refractivity contribution in [3.8, 4) is 0 Å². The van der Waals surface area contributed by atoms with E-state index in [2.05, 4.69) is 332 Å². The number of aldehydes is 1. The molecule has 2 N–H and O–H groups in total. The summed E-state index contributed by atoms with van der Waals surface area (Å²) < 4.78 is 82.7. The van der Waals surface area contributed by atoms with Crippen LogP contribution in [0.1, 0.15) is 182 Å². The number of fused-ring (bicyclic) bond motifs is 6. The Morgan fingerprint density at radius 1 is 0.427 bits per heavy atom. The lowest BCUT2D eigenvalue weighted by molar-refractivity contribution is -0.137. The van der Waals surface area contributed by atoms with Crippen molar-refractivity contribution < 1.29 is 31.1 Å². The van der Waals surface area contributed by atoms with Crippen LogP contribution in [0.3, 0.4) is 0 Å². The highest BCUT2D eigenvalue weighted by Gasteiger charge is 2.50. The summed E-state index contributed by atoms with van der Waals surface area (Å²) in [6.07, 6.45) is 19.9. The van der Waals surface area contributed by atoms with Crippen molar-refractivity contribution in [1.29, 1.82) is 0 Å². The number of hydrogen-bond acceptors (Lipinski definition) is 11. The van der Waals surface area contributed by atoms with Gasteiger partial charge in [0.1, 0.15) is 45.2 Å². The molecule has 0 aliphatic rings. The number of aromatic nitrogens is 13. The van der Waals surface area contributed by atoms with Crippen molar-refractivity contribution in [3.63, 3.8) is 0 Å². The van der Waals surface area contributed by atoms with Crippen molar-refractivity contribution in [2.24, 2.45) is 0 Å². The van der Waals surface area contributed by atoms with Crippen molar-refractivity contribution in [3.05, 3.63) is 221 Å². The Labute approximate surface area is 853 Å². The van der Waals surface area contributed by atoms with Crippen LogP contribution in [0.2, 0.25) is 112 Å². The first-order chi connectivity index (χ1) is 61.2. The molecule has 13 aromatic heterocycles. The molecule has 0 aliphatic carbocycles. The Kier molecular flexibility index (Phi) is 39.7. The van der Waals surface area contributed by atoms with Crippen LogP contribution < -0.4 is 4.31 Å². The molecular formula is C93H117BrCl9F3I2N14O4SSi4. The number of methoxy groups -OCH3 is 1. The minimum Gasteiger partial charge on any atom is -0.363 e. The number of rotatable bonds is 22.